The van der Waals surface area contributed by atoms with E-state index in [4.69, 9.17) is 4.74 Å². The fourth-order valence-electron chi connectivity index (χ4n) is 2.81. The normalized spacial score (nSPS) is 45.8. The predicted octanol–water partition coefficient (Wildman–Crippen LogP) is 1.88. The summed E-state index contributed by atoms with van der Waals surface area (Å²) >= 11 is 0. The first-order chi connectivity index (χ1) is 7.05. The van der Waals surface area contributed by atoms with E-state index in [2.05, 4.69) is 0 Å². The topological polar surface area (TPSA) is 46.5 Å². The molecule has 3 nitrogen and oxygen atoms in total. The van der Waals surface area contributed by atoms with Crippen molar-refractivity contribution >= 4 is 5.97 Å². The number of fused-ring (bicyclic) bond motifs is 1. The number of rotatable bonds is 1. The van der Waals surface area contributed by atoms with Gasteiger partial charge in [-0.25, -0.2) is 0 Å². The molecule has 2 aliphatic rings. The van der Waals surface area contributed by atoms with Crippen molar-refractivity contribution in [3.05, 3.63) is 0 Å². The molecule has 2 fully saturated rings. The Morgan fingerprint density at radius 1 is 1.53 bits per heavy atom. The Balaban J connectivity index is 2.10. The van der Waals surface area contributed by atoms with Crippen molar-refractivity contribution < 1.29 is 14.6 Å². The second-order valence-electron chi connectivity index (χ2n) is 5.29. The minimum absolute atomic E-state index is 0.0392. The first kappa shape index (κ1) is 10.9. The number of carbonyl (C=O) groups is 1. The van der Waals surface area contributed by atoms with Crippen LogP contribution in [0.5, 0.6) is 0 Å². The largest absolute Gasteiger partial charge is 0.462 e. The van der Waals surface area contributed by atoms with Crippen molar-refractivity contribution in [3.63, 3.8) is 0 Å². The molecule has 0 spiro atoms. The third-order valence-electron chi connectivity index (χ3n) is 4.13. The first-order valence-electron chi connectivity index (χ1n) is 5.94. The highest BCUT2D eigenvalue weighted by Gasteiger charge is 2.46. The molecule has 0 aromatic carbocycles. The summed E-state index contributed by atoms with van der Waals surface area (Å²) in [5, 5.41) is 9.62. The smallest absolute Gasteiger partial charge is 0.312 e. The van der Waals surface area contributed by atoms with Crippen LogP contribution in [0.25, 0.3) is 0 Å². The van der Waals surface area contributed by atoms with Crippen LogP contribution < -0.4 is 0 Å². The van der Waals surface area contributed by atoms with Gasteiger partial charge >= 0.3 is 5.97 Å². The van der Waals surface area contributed by atoms with Crippen LogP contribution in [0.3, 0.4) is 0 Å². The van der Waals surface area contributed by atoms with Crippen LogP contribution in [0, 0.1) is 11.3 Å². The third-order valence-corrected chi connectivity index (χ3v) is 4.13. The molecule has 1 saturated heterocycles. The lowest BCUT2D eigenvalue weighted by Crippen LogP contribution is -2.47. The molecular formula is C12H20O3. The van der Waals surface area contributed by atoms with E-state index in [9.17, 15) is 9.90 Å². The SMILES string of the molecule is CCC1(C)CC2CC(O)CCC2OC1=O. The van der Waals surface area contributed by atoms with Gasteiger partial charge in [-0.05, 0) is 44.9 Å². The minimum Gasteiger partial charge on any atom is -0.462 e. The van der Waals surface area contributed by atoms with Gasteiger partial charge in [0.15, 0.2) is 0 Å². The van der Waals surface area contributed by atoms with Gasteiger partial charge in [0.1, 0.15) is 6.10 Å². The lowest BCUT2D eigenvalue weighted by molar-refractivity contribution is -0.181. The summed E-state index contributed by atoms with van der Waals surface area (Å²) in [6.45, 7) is 4.01. The third kappa shape index (κ3) is 1.89. The molecule has 0 aromatic rings. The van der Waals surface area contributed by atoms with Crippen molar-refractivity contribution in [2.45, 2.75) is 58.2 Å². The molecule has 1 aliphatic heterocycles. The second-order valence-corrected chi connectivity index (χ2v) is 5.29. The van der Waals surface area contributed by atoms with Gasteiger partial charge in [0.05, 0.1) is 11.5 Å². The van der Waals surface area contributed by atoms with Crippen LogP contribution in [-0.2, 0) is 9.53 Å². The molecule has 2 rings (SSSR count). The van der Waals surface area contributed by atoms with E-state index >= 15 is 0 Å². The fourth-order valence-corrected chi connectivity index (χ4v) is 2.81. The summed E-state index contributed by atoms with van der Waals surface area (Å²) in [4.78, 5) is 11.8. The van der Waals surface area contributed by atoms with E-state index < -0.39 is 0 Å². The van der Waals surface area contributed by atoms with E-state index in [-0.39, 0.29) is 23.6 Å². The van der Waals surface area contributed by atoms with Crippen LogP contribution >= 0.6 is 0 Å². The van der Waals surface area contributed by atoms with Crippen LogP contribution in [-0.4, -0.2) is 23.3 Å². The quantitative estimate of drug-likeness (QED) is 0.675. The van der Waals surface area contributed by atoms with Gasteiger partial charge in [-0.15, -0.1) is 0 Å². The summed E-state index contributed by atoms with van der Waals surface area (Å²) in [6.07, 6.45) is 3.99. The molecule has 4 unspecified atom stereocenters. The van der Waals surface area contributed by atoms with E-state index in [1.165, 1.54) is 0 Å². The fraction of sp³-hybridized carbons (Fsp3) is 0.917. The van der Waals surface area contributed by atoms with Crippen molar-refractivity contribution in [2.75, 3.05) is 0 Å². The van der Waals surface area contributed by atoms with Crippen molar-refractivity contribution in [1.29, 1.82) is 0 Å². The zero-order valence-corrected chi connectivity index (χ0v) is 9.53. The van der Waals surface area contributed by atoms with Crippen LogP contribution in [0.4, 0.5) is 0 Å². The molecule has 1 heterocycles. The van der Waals surface area contributed by atoms with E-state index in [1.54, 1.807) is 0 Å². The number of carbonyl (C=O) groups excluding carboxylic acids is 1. The van der Waals surface area contributed by atoms with Gasteiger partial charge in [-0.1, -0.05) is 6.92 Å². The number of ether oxygens (including phenoxy) is 1. The summed E-state index contributed by atoms with van der Waals surface area (Å²) in [5.74, 6) is 0.332. The predicted molar refractivity (Wildman–Crippen MR) is 56.2 cm³/mol. The summed E-state index contributed by atoms with van der Waals surface area (Å²) in [7, 11) is 0. The van der Waals surface area contributed by atoms with Crippen LogP contribution in [0.1, 0.15) is 46.0 Å². The Kier molecular flexibility index (Phi) is 2.75. The van der Waals surface area contributed by atoms with E-state index in [0.717, 1.165) is 32.1 Å². The average molecular weight is 212 g/mol. The monoisotopic (exact) mass is 212 g/mol. The number of aliphatic hydroxyl groups is 1. The zero-order chi connectivity index (χ0) is 11.1. The highest BCUT2D eigenvalue weighted by molar-refractivity contribution is 5.77. The molecule has 4 atom stereocenters. The standard InChI is InChI=1S/C12H20O3/c1-3-12(2)7-8-6-9(13)4-5-10(8)15-11(12)14/h8-10,13H,3-7H2,1-2H3. The van der Waals surface area contributed by atoms with Crippen molar-refractivity contribution in [3.8, 4) is 0 Å². The highest BCUT2D eigenvalue weighted by Crippen LogP contribution is 2.43. The molecule has 1 N–H and O–H groups in total. The number of aliphatic hydroxyl groups excluding tert-OH is 1. The Hall–Kier alpha value is -0.570. The van der Waals surface area contributed by atoms with Crippen LogP contribution in [0.2, 0.25) is 0 Å². The highest BCUT2D eigenvalue weighted by atomic mass is 16.5. The Morgan fingerprint density at radius 2 is 2.27 bits per heavy atom. The van der Waals surface area contributed by atoms with Crippen LogP contribution in [0.15, 0.2) is 0 Å². The lowest BCUT2D eigenvalue weighted by atomic mass is 9.70. The van der Waals surface area contributed by atoms with Gasteiger partial charge < -0.3 is 9.84 Å². The van der Waals surface area contributed by atoms with Crippen molar-refractivity contribution in [1.82, 2.24) is 0 Å². The number of hydrogen-bond acceptors (Lipinski definition) is 3. The van der Waals surface area contributed by atoms with Gasteiger partial charge in [-0.3, -0.25) is 4.79 Å². The zero-order valence-electron chi connectivity index (χ0n) is 9.53. The first-order valence-corrected chi connectivity index (χ1v) is 5.94. The minimum atomic E-state index is -0.321. The number of hydrogen-bond donors (Lipinski definition) is 1. The van der Waals surface area contributed by atoms with E-state index in [1.807, 2.05) is 13.8 Å². The maximum atomic E-state index is 11.8. The maximum Gasteiger partial charge on any atom is 0.312 e. The Morgan fingerprint density at radius 3 is 2.93 bits per heavy atom. The summed E-state index contributed by atoms with van der Waals surface area (Å²) in [6, 6.07) is 0. The lowest BCUT2D eigenvalue weighted by Gasteiger charge is -2.44. The molecular weight excluding hydrogens is 192 g/mol. The molecule has 3 heteroatoms. The Bertz CT molecular complexity index is 264. The maximum absolute atomic E-state index is 11.8. The molecule has 86 valence electrons. The molecule has 15 heavy (non-hydrogen) atoms. The van der Waals surface area contributed by atoms with Crippen molar-refractivity contribution in [2.24, 2.45) is 11.3 Å². The summed E-state index contributed by atoms with van der Waals surface area (Å²) in [5.41, 5.74) is -0.321. The van der Waals surface area contributed by atoms with Gasteiger partial charge in [-0.2, -0.15) is 0 Å². The summed E-state index contributed by atoms with van der Waals surface area (Å²) < 4.78 is 5.50. The van der Waals surface area contributed by atoms with Gasteiger partial charge in [0.2, 0.25) is 0 Å². The molecule has 0 amide bonds. The molecule has 0 radical (unpaired) electrons. The second kappa shape index (κ2) is 3.78. The Labute approximate surface area is 90.8 Å². The average Bonchev–Trinajstić information content (AvgIpc) is 2.20. The van der Waals surface area contributed by atoms with Gasteiger partial charge in [0, 0.05) is 0 Å². The number of esters is 1. The van der Waals surface area contributed by atoms with E-state index in [0.29, 0.717) is 5.92 Å². The molecule has 0 bridgehead atoms. The molecule has 1 aliphatic carbocycles. The van der Waals surface area contributed by atoms with Gasteiger partial charge in [0.25, 0.3) is 0 Å². The molecule has 1 saturated carbocycles. The molecule has 0 aromatic heterocycles.